The van der Waals surface area contributed by atoms with Crippen molar-refractivity contribution in [2.75, 3.05) is 0 Å². The van der Waals surface area contributed by atoms with Crippen molar-refractivity contribution in [1.29, 1.82) is 0 Å². The van der Waals surface area contributed by atoms with Crippen molar-refractivity contribution >= 4 is 11.9 Å². The number of hydrogen-bond donors (Lipinski definition) is 3. The van der Waals surface area contributed by atoms with Crippen molar-refractivity contribution < 1.29 is 14.7 Å². The minimum absolute atomic E-state index is 0.0167. The Morgan fingerprint density at radius 1 is 1.32 bits per heavy atom. The molecule has 1 aliphatic rings. The lowest BCUT2D eigenvalue weighted by Crippen LogP contribution is -2.47. The first-order valence-corrected chi connectivity index (χ1v) is 7.25. The van der Waals surface area contributed by atoms with Gasteiger partial charge in [-0.3, -0.25) is 9.59 Å². The monoisotopic (exact) mass is 270 g/mol. The normalized spacial score (nSPS) is 19.7. The molecule has 0 aromatic heterocycles. The van der Waals surface area contributed by atoms with Crippen LogP contribution in [-0.4, -0.2) is 28.6 Å². The van der Waals surface area contributed by atoms with Gasteiger partial charge in [-0.05, 0) is 19.3 Å². The van der Waals surface area contributed by atoms with E-state index in [0.29, 0.717) is 12.8 Å². The molecule has 0 saturated heterocycles. The lowest BCUT2D eigenvalue weighted by Gasteiger charge is -2.33. The summed E-state index contributed by atoms with van der Waals surface area (Å²) in [5, 5.41) is 11.6. The Morgan fingerprint density at radius 2 is 1.95 bits per heavy atom. The fourth-order valence-corrected chi connectivity index (χ4v) is 2.82. The molecule has 110 valence electrons. The molecule has 4 N–H and O–H groups in total. The van der Waals surface area contributed by atoms with Crippen LogP contribution in [0.2, 0.25) is 0 Å². The Bertz CT molecular complexity index is 312. The van der Waals surface area contributed by atoms with Gasteiger partial charge in [-0.25, -0.2) is 0 Å². The van der Waals surface area contributed by atoms with Crippen molar-refractivity contribution in [3.05, 3.63) is 0 Å². The van der Waals surface area contributed by atoms with E-state index in [0.717, 1.165) is 32.1 Å². The lowest BCUT2D eigenvalue weighted by atomic mass is 9.80. The summed E-state index contributed by atoms with van der Waals surface area (Å²) >= 11 is 0. The third-order valence-corrected chi connectivity index (χ3v) is 3.79. The van der Waals surface area contributed by atoms with Gasteiger partial charge < -0.3 is 16.2 Å². The summed E-state index contributed by atoms with van der Waals surface area (Å²) in [5.41, 5.74) is 5.85. The summed E-state index contributed by atoms with van der Waals surface area (Å²) < 4.78 is 0. The summed E-state index contributed by atoms with van der Waals surface area (Å²) in [7, 11) is 0. The van der Waals surface area contributed by atoms with Gasteiger partial charge in [-0.1, -0.05) is 32.6 Å². The van der Waals surface area contributed by atoms with Gasteiger partial charge in [0.15, 0.2) is 0 Å². The molecule has 1 saturated carbocycles. The number of nitrogens with two attached hydrogens (primary N) is 1. The Balaban J connectivity index is 2.44. The fraction of sp³-hybridized carbons (Fsp3) is 0.857. The Morgan fingerprint density at radius 3 is 2.47 bits per heavy atom. The summed E-state index contributed by atoms with van der Waals surface area (Å²) in [5.74, 6) is -0.983. The highest BCUT2D eigenvalue weighted by molar-refractivity contribution is 5.78. The second kappa shape index (κ2) is 7.48. The topological polar surface area (TPSA) is 92.4 Å². The van der Waals surface area contributed by atoms with Crippen molar-refractivity contribution in [3.8, 4) is 0 Å². The highest BCUT2D eigenvalue weighted by atomic mass is 16.4. The van der Waals surface area contributed by atoms with Gasteiger partial charge in [0.25, 0.3) is 0 Å². The van der Waals surface area contributed by atoms with Crippen LogP contribution in [0.4, 0.5) is 0 Å². The lowest BCUT2D eigenvalue weighted by molar-refractivity contribution is -0.137. The molecule has 1 rings (SSSR count). The summed E-state index contributed by atoms with van der Waals surface area (Å²) in [6.45, 7) is 1.98. The van der Waals surface area contributed by atoms with Gasteiger partial charge in [0.1, 0.15) is 0 Å². The molecule has 19 heavy (non-hydrogen) atoms. The molecule has 0 aromatic rings. The van der Waals surface area contributed by atoms with Gasteiger partial charge in [0.2, 0.25) is 5.91 Å². The van der Waals surface area contributed by atoms with E-state index in [2.05, 4.69) is 5.32 Å². The highest BCUT2D eigenvalue weighted by Gasteiger charge is 2.30. The average Bonchev–Trinajstić information content (AvgIpc) is 2.28. The third-order valence-electron chi connectivity index (χ3n) is 3.79. The second-order valence-corrected chi connectivity index (χ2v) is 5.75. The number of hydrogen-bond acceptors (Lipinski definition) is 3. The van der Waals surface area contributed by atoms with E-state index in [-0.39, 0.29) is 23.9 Å². The number of carboxylic acid groups (broad SMARTS) is 1. The number of nitrogens with one attached hydrogen (secondary N) is 1. The zero-order valence-corrected chi connectivity index (χ0v) is 11.8. The molecule has 1 amide bonds. The van der Waals surface area contributed by atoms with E-state index in [4.69, 9.17) is 10.8 Å². The largest absolute Gasteiger partial charge is 0.481 e. The maximum atomic E-state index is 12.0. The number of amides is 1. The van der Waals surface area contributed by atoms with Crippen molar-refractivity contribution in [3.63, 3.8) is 0 Å². The molecule has 5 heteroatoms. The maximum Gasteiger partial charge on any atom is 0.305 e. The van der Waals surface area contributed by atoms with Gasteiger partial charge in [0, 0.05) is 18.0 Å². The Hall–Kier alpha value is -1.10. The van der Waals surface area contributed by atoms with E-state index in [1.165, 1.54) is 6.42 Å². The predicted molar refractivity (Wildman–Crippen MR) is 73.7 cm³/mol. The molecule has 1 aliphatic carbocycles. The highest BCUT2D eigenvalue weighted by Crippen LogP contribution is 2.28. The number of rotatable bonds is 7. The molecule has 0 aliphatic heterocycles. The molecular formula is C14H26N2O3. The molecule has 0 radical (unpaired) electrons. The van der Waals surface area contributed by atoms with Crippen LogP contribution in [0.5, 0.6) is 0 Å². The quantitative estimate of drug-likeness (QED) is 0.657. The number of carboxylic acids is 1. The van der Waals surface area contributed by atoms with Gasteiger partial charge in [-0.15, -0.1) is 0 Å². The van der Waals surface area contributed by atoms with Crippen LogP contribution in [0.25, 0.3) is 0 Å². The number of carbonyl (C=O) groups excluding carboxylic acids is 1. The molecule has 0 heterocycles. The second-order valence-electron chi connectivity index (χ2n) is 5.75. The van der Waals surface area contributed by atoms with Crippen LogP contribution in [0.1, 0.15) is 64.7 Å². The van der Waals surface area contributed by atoms with E-state index in [1.807, 2.05) is 6.92 Å². The Labute approximate surface area is 114 Å². The zero-order valence-electron chi connectivity index (χ0n) is 11.8. The van der Waals surface area contributed by atoms with Crippen molar-refractivity contribution in [2.24, 2.45) is 5.73 Å². The average molecular weight is 270 g/mol. The molecule has 1 unspecified atom stereocenters. The molecule has 0 aromatic carbocycles. The summed E-state index contributed by atoms with van der Waals surface area (Å²) in [6.07, 6.45) is 6.97. The van der Waals surface area contributed by atoms with Gasteiger partial charge in [-0.2, -0.15) is 0 Å². The first kappa shape index (κ1) is 16.0. The van der Waals surface area contributed by atoms with E-state index >= 15 is 0 Å². The summed E-state index contributed by atoms with van der Waals surface area (Å²) in [4.78, 5) is 22.7. The minimum Gasteiger partial charge on any atom is -0.481 e. The maximum absolute atomic E-state index is 12.0. The van der Waals surface area contributed by atoms with Gasteiger partial charge >= 0.3 is 5.97 Å². The van der Waals surface area contributed by atoms with Crippen LogP contribution in [0.15, 0.2) is 0 Å². The van der Waals surface area contributed by atoms with Crippen LogP contribution < -0.4 is 11.1 Å². The van der Waals surface area contributed by atoms with E-state index in [9.17, 15) is 9.59 Å². The number of carbonyl (C=O) groups is 2. The van der Waals surface area contributed by atoms with Crippen LogP contribution >= 0.6 is 0 Å². The van der Waals surface area contributed by atoms with Crippen LogP contribution in [0, 0.1) is 0 Å². The van der Waals surface area contributed by atoms with Gasteiger partial charge in [0.05, 0.1) is 6.42 Å². The smallest absolute Gasteiger partial charge is 0.305 e. The summed E-state index contributed by atoms with van der Waals surface area (Å²) in [6, 6.07) is -0.276. The molecule has 1 atom stereocenters. The standard InChI is InChI=1S/C14H26N2O3/c1-2-6-11(9-13(18)19)16-12(17)10-14(15)7-4-3-5-8-14/h11H,2-10,15H2,1H3,(H,16,17)(H,18,19). The molecule has 5 nitrogen and oxygen atoms in total. The minimum atomic E-state index is -0.876. The third kappa shape index (κ3) is 6.05. The molecular weight excluding hydrogens is 244 g/mol. The fourth-order valence-electron chi connectivity index (χ4n) is 2.82. The first-order chi connectivity index (χ1) is 8.95. The van der Waals surface area contributed by atoms with E-state index < -0.39 is 5.97 Å². The van der Waals surface area contributed by atoms with Crippen molar-refractivity contribution in [1.82, 2.24) is 5.32 Å². The van der Waals surface area contributed by atoms with Crippen LogP contribution in [-0.2, 0) is 9.59 Å². The SMILES string of the molecule is CCCC(CC(=O)O)NC(=O)CC1(N)CCCCC1. The first-order valence-electron chi connectivity index (χ1n) is 7.25. The van der Waals surface area contributed by atoms with E-state index in [1.54, 1.807) is 0 Å². The predicted octanol–water partition coefficient (Wildman–Crippen LogP) is 1.80. The molecule has 0 spiro atoms. The molecule has 0 bridgehead atoms. The zero-order chi connectivity index (χ0) is 14.3. The van der Waals surface area contributed by atoms with Crippen molar-refractivity contribution in [2.45, 2.75) is 76.3 Å². The molecule has 1 fully saturated rings. The Kier molecular flexibility index (Phi) is 6.28. The number of aliphatic carboxylic acids is 1. The van der Waals surface area contributed by atoms with Crippen LogP contribution in [0.3, 0.4) is 0 Å².